The maximum Gasteiger partial charge on any atom is 0.237 e. The Balaban J connectivity index is 2.06. The van der Waals surface area contributed by atoms with Gasteiger partial charge < -0.3 is 9.47 Å². The summed E-state index contributed by atoms with van der Waals surface area (Å²) in [5.41, 5.74) is 0. The minimum Gasteiger partial charge on any atom is -0.340 e. The van der Waals surface area contributed by atoms with Crippen molar-refractivity contribution in [2.45, 2.75) is 39.2 Å². The highest BCUT2D eigenvalue weighted by molar-refractivity contribution is 7.92. The molecule has 2 heterocycles. The summed E-state index contributed by atoms with van der Waals surface area (Å²) in [4.78, 5) is 18.2. The highest BCUT2D eigenvalue weighted by Crippen LogP contribution is 2.23. The lowest BCUT2D eigenvalue weighted by molar-refractivity contribution is -0.130. The van der Waals surface area contributed by atoms with Gasteiger partial charge >= 0.3 is 0 Å². The molecule has 1 aromatic rings. The third kappa shape index (κ3) is 3.84. The highest BCUT2D eigenvalue weighted by atomic mass is 32.2. The first kappa shape index (κ1) is 16.0. The number of amides is 1. The minimum absolute atomic E-state index is 0.0114. The third-order valence-electron chi connectivity index (χ3n) is 3.99. The van der Waals surface area contributed by atoms with Gasteiger partial charge in [-0.15, -0.1) is 0 Å². The van der Waals surface area contributed by atoms with Crippen LogP contribution in [0.15, 0.2) is 12.4 Å². The van der Waals surface area contributed by atoms with Gasteiger partial charge in [0.1, 0.15) is 11.6 Å². The number of aryl methyl sites for hydroxylation is 1. The molecule has 1 aliphatic heterocycles. The summed E-state index contributed by atoms with van der Waals surface area (Å²) in [5.74, 6) is 0.369. The molecule has 1 aliphatic rings. The Kier molecular flexibility index (Phi) is 5.03. The first-order chi connectivity index (χ1) is 9.96. The summed E-state index contributed by atoms with van der Waals surface area (Å²) in [6.07, 6.45) is 6.46. The van der Waals surface area contributed by atoms with Gasteiger partial charge in [-0.25, -0.2) is 13.4 Å². The van der Waals surface area contributed by atoms with Gasteiger partial charge in [-0.05, 0) is 12.8 Å². The molecule has 21 heavy (non-hydrogen) atoms. The van der Waals surface area contributed by atoms with Gasteiger partial charge in [0.2, 0.25) is 5.91 Å². The van der Waals surface area contributed by atoms with Crippen molar-refractivity contribution in [2.75, 3.05) is 24.6 Å². The maximum atomic E-state index is 12.2. The Morgan fingerprint density at radius 3 is 2.86 bits per heavy atom. The van der Waals surface area contributed by atoms with E-state index in [2.05, 4.69) is 16.5 Å². The van der Waals surface area contributed by atoms with E-state index in [0.29, 0.717) is 13.1 Å². The lowest BCUT2D eigenvalue weighted by Gasteiger charge is -2.34. The van der Waals surface area contributed by atoms with E-state index in [1.165, 1.54) is 0 Å². The molecular weight excluding hydrogens is 290 g/mol. The molecular formula is C14H23N3O3S. The molecule has 0 spiro atoms. The second-order valence-corrected chi connectivity index (χ2v) is 7.77. The summed E-state index contributed by atoms with van der Waals surface area (Å²) in [6, 6.07) is 0.199. The summed E-state index contributed by atoms with van der Waals surface area (Å²) >= 11 is 0. The Morgan fingerprint density at radius 1 is 1.43 bits per heavy atom. The SMILES string of the molecule is CCc1nccn1C1CCCN(C(=O)CS(=O)(=O)CC)C1. The summed E-state index contributed by atoms with van der Waals surface area (Å²) in [5, 5.41) is 0. The van der Waals surface area contributed by atoms with E-state index >= 15 is 0 Å². The summed E-state index contributed by atoms with van der Waals surface area (Å²) < 4.78 is 25.3. The minimum atomic E-state index is -3.26. The van der Waals surface area contributed by atoms with E-state index in [0.717, 1.165) is 25.1 Å². The van der Waals surface area contributed by atoms with Crippen LogP contribution in [0.1, 0.15) is 38.6 Å². The molecule has 2 rings (SSSR count). The molecule has 0 aromatic carbocycles. The van der Waals surface area contributed by atoms with Gasteiger partial charge in [-0.2, -0.15) is 0 Å². The van der Waals surface area contributed by atoms with Crippen LogP contribution in [-0.4, -0.2) is 53.4 Å². The van der Waals surface area contributed by atoms with Gasteiger partial charge in [-0.3, -0.25) is 4.79 Å². The van der Waals surface area contributed by atoms with Gasteiger partial charge in [0.05, 0.1) is 6.04 Å². The first-order valence-corrected chi connectivity index (χ1v) is 9.29. The molecule has 1 atom stereocenters. The third-order valence-corrected chi connectivity index (χ3v) is 5.56. The molecule has 0 saturated carbocycles. The van der Waals surface area contributed by atoms with Crippen LogP contribution in [0.5, 0.6) is 0 Å². The number of sulfone groups is 1. The van der Waals surface area contributed by atoms with Gasteiger partial charge in [0, 0.05) is 37.7 Å². The van der Waals surface area contributed by atoms with E-state index in [4.69, 9.17) is 0 Å². The zero-order valence-electron chi connectivity index (χ0n) is 12.7. The van der Waals surface area contributed by atoms with Crippen LogP contribution < -0.4 is 0 Å². The normalized spacial score (nSPS) is 19.7. The average Bonchev–Trinajstić information content (AvgIpc) is 2.95. The summed E-state index contributed by atoms with van der Waals surface area (Å²) in [7, 11) is -3.26. The number of hydrogen-bond donors (Lipinski definition) is 0. The van der Waals surface area contributed by atoms with E-state index in [-0.39, 0.29) is 23.5 Å². The molecule has 6 nitrogen and oxygen atoms in total. The Bertz CT molecular complexity index is 594. The van der Waals surface area contributed by atoms with Crippen molar-refractivity contribution in [2.24, 2.45) is 0 Å². The van der Waals surface area contributed by atoms with Gasteiger partial charge in [0.25, 0.3) is 0 Å². The predicted octanol–water partition coefficient (Wildman–Crippen LogP) is 1.04. The van der Waals surface area contributed by atoms with E-state index < -0.39 is 9.84 Å². The highest BCUT2D eigenvalue weighted by Gasteiger charge is 2.27. The topological polar surface area (TPSA) is 72.3 Å². The van der Waals surface area contributed by atoms with Crippen molar-refractivity contribution in [1.29, 1.82) is 0 Å². The van der Waals surface area contributed by atoms with Gasteiger partial charge in [0.15, 0.2) is 9.84 Å². The maximum absolute atomic E-state index is 12.2. The molecule has 1 amide bonds. The standard InChI is InChI=1S/C14H23N3O3S/c1-3-13-15-7-9-17(13)12-6-5-8-16(10-12)14(18)11-21(19,20)4-2/h7,9,12H,3-6,8,10-11H2,1-2H3. The molecule has 1 unspecified atom stereocenters. The van der Waals surface area contributed by atoms with Crippen LogP contribution in [-0.2, 0) is 21.1 Å². The number of imidazole rings is 1. The van der Waals surface area contributed by atoms with Crippen LogP contribution in [0, 0.1) is 0 Å². The number of likely N-dealkylation sites (tertiary alicyclic amines) is 1. The van der Waals surface area contributed by atoms with Crippen LogP contribution in [0.25, 0.3) is 0 Å². The molecule has 1 aromatic heterocycles. The molecule has 0 N–H and O–H groups in total. The van der Waals surface area contributed by atoms with Gasteiger partial charge in [-0.1, -0.05) is 13.8 Å². The zero-order valence-corrected chi connectivity index (χ0v) is 13.5. The molecule has 7 heteroatoms. The Labute approximate surface area is 126 Å². The second kappa shape index (κ2) is 6.60. The van der Waals surface area contributed by atoms with Crippen molar-refractivity contribution >= 4 is 15.7 Å². The van der Waals surface area contributed by atoms with Crippen LogP contribution in [0.2, 0.25) is 0 Å². The lowest BCUT2D eigenvalue weighted by atomic mass is 10.1. The predicted molar refractivity (Wildman–Crippen MR) is 80.8 cm³/mol. The Morgan fingerprint density at radius 2 is 2.19 bits per heavy atom. The summed E-state index contributed by atoms with van der Waals surface area (Å²) in [6.45, 7) is 4.84. The number of hydrogen-bond acceptors (Lipinski definition) is 4. The lowest BCUT2D eigenvalue weighted by Crippen LogP contribution is -2.43. The van der Waals surface area contributed by atoms with Crippen molar-refractivity contribution < 1.29 is 13.2 Å². The number of carbonyl (C=O) groups is 1. The smallest absolute Gasteiger partial charge is 0.237 e. The monoisotopic (exact) mass is 313 g/mol. The van der Waals surface area contributed by atoms with Crippen molar-refractivity contribution in [3.63, 3.8) is 0 Å². The number of nitrogens with zero attached hydrogens (tertiary/aromatic N) is 3. The molecule has 0 bridgehead atoms. The number of rotatable bonds is 5. The van der Waals surface area contributed by atoms with Crippen molar-refractivity contribution in [3.05, 3.63) is 18.2 Å². The number of aromatic nitrogens is 2. The quantitative estimate of drug-likeness (QED) is 0.814. The Hall–Kier alpha value is -1.37. The molecule has 0 radical (unpaired) electrons. The largest absolute Gasteiger partial charge is 0.340 e. The fourth-order valence-electron chi connectivity index (χ4n) is 2.74. The van der Waals surface area contributed by atoms with Crippen molar-refractivity contribution in [1.82, 2.24) is 14.5 Å². The van der Waals surface area contributed by atoms with E-state index in [9.17, 15) is 13.2 Å². The molecule has 1 fully saturated rings. The number of carbonyl (C=O) groups excluding carboxylic acids is 1. The molecule has 1 saturated heterocycles. The van der Waals surface area contributed by atoms with Crippen LogP contribution in [0.4, 0.5) is 0 Å². The van der Waals surface area contributed by atoms with Crippen molar-refractivity contribution in [3.8, 4) is 0 Å². The molecule has 118 valence electrons. The average molecular weight is 313 g/mol. The first-order valence-electron chi connectivity index (χ1n) is 7.46. The fourth-order valence-corrected chi connectivity index (χ4v) is 3.50. The van der Waals surface area contributed by atoms with Crippen LogP contribution in [0.3, 0.4) is 0 Å². The van der Waals surface area contributed by atoms with E-state index in [1.54, 1.807) is 18.0 Å². The zero-order chi connectivity index (χ0) is 15.5. The number of piperidine rings is 1. The molecule has 0 aliphatic carbocycles. The fraction of sp³-hybridized carbons (Fsp3) is 0.714. The van der Waals surface area contributed by atoms with E-state index in [1.807, 2.05) is 6.20 Å². The second-order valence-electron chi connectivity index (χ2n) is 5.42. The van der Waals surface area contributed by atoms with Crippen LogP contribution >= 0.6 is 0 Å².